The number of hydrogen-bond donors (Lipinski definition) is 0. The molecule has 0 radical (unpaired) electrons. The van der Waals surface area contributed by atoms with E-state index in [2.05, 4.69) is 30.4 Å². The van der Waals surface area contributed by atoms with Gasteiger partial charge in [-0.3, -0.25) is 0 Å². The molecule has 0 aromatic carbocycles. The molecule has 0 aliphatic heterocycles. The van der Waals surface area contributed by atoms with Crippen LogP contribution in [0.2, 0.25) is 0 Å². The number of carbonyl (C=O) groups excluding carboxylic acids is 1. The maximum absolute atomic E-state index is 12.8. The number of esters is 1. The summed E-state index contributed by atoms with van der Waals surface area (Å²) in [7, 11) is 0. The van der Waals surface area contributed by atoms with Gasteiger partial charge in [0.15, 0.2) is 0 Å². The van der Waals surface area contributed by atoms with Crippen LogP contribution in [0.3, 0.4) is 0 Å². The number of nitrogens with zero attached hydrogens (tertiary/aromatic N) is 1. The second-order valence-electron chi connectivity index (χ2n) is 3.57. The summed E-state index contributed by atoms with van der Waals surface area (Å²) < 4.78 is 70.7. The van der Waals surface area contributed by atoms with Gasteiger partial charge in [0.2, 0.25) is 5.88 Å². The number of alkyl halides is 6. The number of rotatable bonds is 5. The molecule has 0 bridgehead atoms. The SMILES string of the molecule is CCOC(=O)c1c(OC(F)(F)F)ncc(C(F)F)c1CBr. The topological polar surface area (TPSA) is 48.4 Å². The maximum atomic E-state index is 12.8. The Labute approximate surface area is 124 Å². The molecule has 10 heteroatoms. The highest BCUT2D eigenvalue weighted by atomic mass is 79.9. The van der Waals surface area contributed by atoms with E-state index in [0.29, 0.717) is 6.20 Å². The van der Waals surface area contributed by atoms with Gasteiger partial charge in [-0.15, -0.1) is 13.2 Å². The van der Waals surface area contributed by atoms with Crippen LogP contribution in [0.1, 0.15) is 34.8 Å². The molecular weight excluding hydrogens is 369 g/mol. The van der Waals surface area contributed by atoms with Crippen LogP contribution in [0.15, 0.2) is 6.20 Å². The largest absolute Gasteiger partial charge is 0.574 e. The van der Waals surface area contributed by atoms with Crippen molar-refractivity contribution in [3.63, 3.8) is 0 Å². The van der Waals surface area contributed by atoms with Crippen LogP contribution in [0, 0.1) is 0 Å². The van der Waals surface area contributed by atoms with Crippen molar-refractivity contribution >= 4 is 21.9 Å². The number of aromatic nitrogens is 1. The predicted molar refractivity (Wildman–Crippen MR) is 64.5 cm³/mol. The van der Waals surface area contributed by atoms with Crippen molar-refractivity contribution in [3.8, 4) is 5.88 Å². The van der Waals surface area contributed by atoms with E-state index in [9.17, 15) is 26.7 Å². The van der Waals surface area contributed by atoms with Crippen molar-refractivity contribution in [3.05, 3.63) is 22.9 Å². The fraction of sp³-hybridized carbons (Fsp3) is 0.455. The third-order valence-electron chi connectivity index (χ3n) is 2.25. The zero-order valence-electron chi connectivity index (χ0n) is 10.5. The molecule has 0 unspecified atom stereocenters. The number of ether oxygens (including phenoxy) is 2. The number of pyridine rings is 1. The van der Waals surface area contributed by atoms with Crippen LogP contribution in [-0.4, -0.2) is 23.9 Å². The van der Waals surface area contributed by atoms with Crippen molar-refractivity contribution in [1.29, 1.82) is 0 Å². The summed E-state index contributed by atoms with van der Waals surface area (Å²) >= 11 is 2.86. The van der Waals surface area contributed by atoms with Gasteiger partial charge in [0, 0.05) is 17.1 Å². The summed E-state index contributed by atoms with van der Waals surface area (Å²) in [6.45, 7) is 1.27. The van der Waals surface area contributed by atoms with Crippen LogP contribution in [0.25, 0.3) is 0 Å². The summed E-state index contributed by atoms with van der Waals surface area (Å²) in [5.74, 6) is -2.35. The second-order valence-corrected chi connectivity index (χ2v) is 4.14. The Balaban J connectivity index is 3.47. The first-order valence-corrected chi connectivity index (χ1v) is 6.62. The Morgan fingerprint density at radius 1 is 1.43 bits per heavy atom. The van der Waals surface area contributed by atoms with Gasteiger partial charge in [0.25, 0.3) is 6.43 Å². The molecule has 0 saturated carbocycles. The fourth-order valence-electron chi connectivity index (χ4n) is 1.48. The average Bonchev–Trinajstić information content (AvgIpc) is 2.35. The zero-order valence-corrected chi connectivity index (χ0v) is 12.1. The summed E-state index contributed by atoms with van der Waals surface area (Å²) in [6, 6.07) is 0. The van der Waals surface area contributed by atoms with E-state index in [-0.39, 0.29) is 17.5 Å². The van der Waals surface area contributed by atoms with Gasteiger partial charge in [-0.2, -0.15) is 0 Å². The molecule has 21 heavy (non-hydrogen) atoms. The molecule has 4 nitrogen and oxygen atoms in total. The van der Waals surface area contributed by atoms with Gasteiger partial charge >= 0.3 is 12.3 Å². The van der Waals surface area contributed by atoms with E-state index in [4.69, 9.17) is 0 Å². The third kappa shape index (κ3) is 4.51. The lowest BCUT2D eigenvalue weighted by molar-refractivity contribution is -0.276. The minimum atomic E-state index is -5.12. The van der Waals surface area contributed by atoms with Crippen LogP contribution in [-0.2, 0) is 10.1 Å². The van der Waals surface area contributed by atoms with E-state index < -0.39 is 35.8 Å². The van der Waals surface area contributed by atoms with Gasteiger partial charge in [-0.05, 0) is 12.5 Å². The first-order chi connectivity index (χ1) is 9.71. The first-order valence-electron chi connectivity index (χ1n) is 5.50. The van der Waals surface area contributed by atoms with Crippen LogP contribution in [0.5, 0.6) is 5.88 Å². The molecule has 0 spiro atoms. The van der Waals surface area contributed by atoms with Crippen molar-refractivity contribution in [1.82, 2.24) is 4.98 Å². The molecular formula is C11H9BrF5NO3. The monoisotopic (exact) mass is 377 g/mol. The van der Waals surface area contributed by atoms with Crippen molar-refractivity contribution in [2.24, 2.45) is 0 Å². The molecule has 118 valence electrons. The highest BCUT2D eigenvalue weighted by Crippen LogP contribution is 2.34. The summed E-state index contributed by atoms with van der Waals surface area (Å²) in [5, 5.41) is -0.294. The number of carbonyl (C=O) groups is 1. The molecule has 0 atom stereocenters. The van der Waals surface area contributed by atoms with E-state index in [1.807, 2.05) is 0 Å². The molecule has 0 saturated heterocycles. The van der Waals surface area contributed by atoms with Gasteiger partial charge in [-0.25, -0.2) is 18.6 Å². The quantitative estimate of drug-likeness (QED) is 0.442. The second kappa shape index (κ2) is 7.01. The molecule has 1 heterocycles. The molecule has 0 aliphatic carbocycles. The average molecular weight is 378 g/mol. The van der Waals surface area contributed by atoms with E-state index in [1.165, 1.54) is 6.92 Å². The fourth-order valence-corrected chi connectivity index (χ4v) is 2.08. The highest BCUT2D eigenvalue weighted by Gasteiger charge is 2.36. The Hall–Kier alpha value is -1.45. The van der Waals surface area contributed by atoms with Crippen LogP contribution in [0.4, 0.5) is 22.0 Å². The van der Waals surface area contributed by atoms with Gasteiger partial charge in [0.1, 0.15) is 5.56 Å². The summed E-state index contributed by atoms with van der Waals surface area (Å²) in [6.07, 6.45) is -7.60. The van der Waals surface area contributed by atoms with Crippen LogP contribution >= 0.6 is 15.9 Å². The minimum Gasteiger partial charge on any atom is -0.462 e. The molecule has 1 rings (SSSR count). The smallest absolute Gasteiger partial charge is 0.462 e. The molecule has 1 aromatic heterocycles. The molecule has 0 aliphatic rings. The van der Waals surface area contributed by atoms with Crippen LogP contribution < -0.4 is 4.74 Å². The minimum absolute atomic E-state index is 0.148. The highest BCUT2D eigenvalue weighted by molar-refractivity contribution is 9.08. The normalized spacial score (nSPS) is 11.6. The van der Waals surface area contributed by atoms with E-state index in [0.717, 1.165) is 0 Å². The number of halogens is 6. The first kappa shape index (κ1) is 17.6. The van der Waals surface area contributed by atoms with Gasteiger partial charge < -0.3 is 9.47 Å². The lowest BCUT2D eigenvalue weighted by Crippen LogP contribution is -2.22. The molecule has 0 amide bonds. The zero-order chi connectivity index (χ0) is 16.2. The van der Waals surface area contributed by atoms with Crippen molar-refractivity contribution in [2.45, 2.75) is 25.0 Å². The van der Waals surface area contributed by atoms with E-state index in [1.54, 1.807) is 0 Å². The molecule has 0 N–H and O–H groups in total. The maximum Gasteiger partial charge on any atom is 0.574 e. The standard InChI is InChI=1S/C11H9BrF5NO3/c1-2-20-10(19)7-5(3-12)6(8(13)14)4-18-9(7)21-11(15,16)17/h4,8H,2-3H2,1H3. The lowest BCUT2D eigenvalue weighted by atomic mass is 10.1. The predicted octanol–water partition coefficient (Wildman–Crippen LogP) is 3.99. The van der Waals surface area contributed by atoms with Crippen molar-refractivity contribution in [2.75, 3.05) is 6.61 Å². The summed E-state index contributed by atoms with van der Waals surface area (Å²) in [5.41, 5.74) is -1.81. The summed E-state index contributed by atoms with van der Waals surface area (Å²) in [4.78, 5) is 14.9. The lowest BCUT2D eigenvalue weighted by Gasteiger charge is -2.16. The van der Waals surface area contributed by atoms with E-state index >= 15 is 0 Å². The molecule has 1 aromatic rings. The van der Waals surface area contributed by atoms with Crippen molar-refractivity contribution < 1.29 is 36.2 Å². The third-order valence-corrected chi connectivity index (χ3v) is 2.81. The molecule has 0 fully saturated rings. The Bertz CT molecular complexity index is 521. The number of hydrogen-bond acceptors (Lipinski definition) is 4. The van der Waals surface area contributed by atoms with Gasteiger partial charge in [0.05, 0.1) is 6.61 Å². The Morgan fingerprint density at radius 2 is 2.05 bits per heavy atom. The Morgan fingerprint density at radius 3 is 2.48 bits per heavy atom. The Kier molecular flexibility index (Phi) is 5.87. The van der Waals surface area contributed by atoms with Gasteiger partial charge in [-0.1, -0.05) is 15.9 Å².